The third kappa shape index (κ3) is 4.72. The Labute approximate surface area is 206 Å². The Balaban J connectivity index is 1.48. The van der Waals surface area contributed by atoms with Crippen LogP contribution in [0.15, 0.2) is 34.2 Å². The van der Waals surface area contributed by atoms with Crippen LogP contribution in [-0.2, 0) is 22.5 Å². The van der Waals surface area contributed by atoms with Crippen LogP contribution < -0.4 is 15.6 Å². The second-order valence-electron chi connectivity index (χ2n) is 8.63. The van der Waals surface area contributed by atoms with E-state index in [1.54, 1.807) is 23.0 Å². The van der Waals surface area contributed by atoms with E-state index >= 15 is 0 Å². The molecule has 2 aromatic heterocycles. The Kier molecular flexibility index (Phi) is 6.91. The summed E-state index contributed by atoms with van der Waals surface area (Å²) in [4.78, 5) is 35.4. The molecule has 0 unspecified atom stereocenters. The molecule has 2 aliphatic rings. The van der Waals surface area contributed by atoms with E-state index < -0.39 is 0 Å². The van der Waals surface area contributed by atoms with Gasteiger partial charge in [0.25, 0.3) is 5.56 Å². The molecule has 5 rings (SSSR count). The predicted octanol–water partition coefficient (Wildman–Crippen LogP) is 2.83. The topological polar surface area (TPSA) is 85.7 Å². The van der Waals surface area contributed by atoms with Gasteiger partial charge in [0.05, 0.1) is 30.0 Å². The predicted molar refractivity (Wildman–Crippen MR) is 135 cm³/mol. The monoisotopic (exact) mass is 500 g/mol. The number of nitrogens with one attached hydrogen (secondary N) is 1. The molecule has 0 bridgehead atoms. The standard InChI is InChI=1S/C24H28N4O4S2/c1-27-10-9-18-19(13-27)34-22-21(18)23(30)28(15-5-7-16(31-2)8-6-15)24(26-22)33-14-20(29)25-12-17-4-3-11-32-17/h5-8,17H,3-4,9-14H2,1-2H3,(H,25,29)/t17-/m0/s1. The molecule has 1 fully saturated rings. The first-order valence-electron chi connectivity index (χ1n) is 11.4. The number of methoxy groups -OCH3 is 1. The maximum atomic E-state index is 13.8. The molecule has 2 aliphatic heterocycles. The van der Waals surface area contributed by atoms with Gasteiger partial charge in [-0.2, -0.15) is 0 Å². The van der Waals surface area contributed by atoms with E-state index in [0.29, 0.717) is 28.5 Å². The minimum atomic E-state index is -0.0942. The number of carbonyl (C=O) groups is 1. The smallest absolute Gasteiger partial charge is 0.267 e. The molecule has 8 nitrogen and oxygen atoms in total. The number of carbonyl (C=O) groups excluding carboxylic acids is 1. The lowest BCUT2D eigenvalue weighted by Crippen LogP contribution is -2.33. The molecule has 1 N–H and O–H groups in total. The molecule has 1 atom stereocenters. The van der Waals surface area contributed by atoms with E-state index in [1.165, 1.54) is 16.6 Å². The van der Waals surface area contributed by atoms with Crippen LogP contribution in [0.25, 0.3) is 15.9 Å². The summed E-state index contributed by atoms with van der Waals surface area (Å²) in [5, 5.41) is 4.17. The zero-order valence-corrected chi connectivity index (χ0v) is 21.0. The number of hydrogen-bond acceptors (Lipinski definition) is 8. The average molecular weight is 501 g/mol. The van der Waals surface area contributed by atoms with E-state index in [9.17, 15) is 9.59 Å². The van der Waals surface area contributed by atoms with E-state index in [1.807, 2.05) is 24.3 Å². The molecule has 1 aromatic carbocycles. The first kappa shape index (κ1) is 23.3. The highest BCUT2D eigenvalue weighted by Crippen LogP contribution is 2.34. The summed E-state index contributed by atoms with van der Waals surface area (Å²) >= 11 is 2.87. The number of hydrogen-bond donors (Lipinski definition) is 1. The fourth-order valence-corrected chi connectivity index (χ4v) is 6.61. The molecular weight excluding hydrogens is 472 g/mol. The van der Waals surface area contributed by atoms with Crippen molar-refractivity contribution in [3.8, 4) is 11.4 Å². The van der Waals surface area contributed by atoms with Crippen LogP contribution in [0.1, 0.15) is 23.3 Å². The lowest BCUT2D eigenvalue weighted by molar-refractivity contribution is -0.119. The first-order valence-corrected chi connectivity index (χ1v) is 13.2. The number of fused-ring (bicyclic) bond motifs is 3. The van der Waals surface area contributed by atoms with Gasteiger partial charge >= 0.3 is 0 Å². The number of benzene rings is 1. The Morgan fingerprint density at radius 1 is 1.35 bits per heavy atom. The average Bonchev–Trinajstić information content (AvgIpc) is 3.49. The van der Waals surface area contributed by atoms with Crippen molar-refractivity contribution in [2.75, 3.05) is 39.6 Å². The molecule has 34 heavy (non-hydrogen) atoms. The highest BCUT2D eigenvalue weighted by atomic mass is 32.2. The van der Waals surface area contributed by atoms with Gasteiger partial charge < -0.3 is 19.7 Å². The molecule has 0 spiro atoms. The minimum absolute atomic E-state index is 0.0838. The molecule has 10 heteroatoms. The van der Waals surface area contributed by atoms with Gasteiger partial charge in [0.2, 0.25) is 5.91 Å². The first-order chi connectivity index (χ1) is 16.5. The van der Waals surface area contributed by atoms with Crippen LogP contribution in [0.4, 0.5) is 0 Å². The molecule has 180 valence electrons. The van der Waals surface area contributed by atoms with Crippen molar-refractivity contribution in [1.82, 2.24) is 19.8 Å². The summed E-state index contributed by atoms with van der Waals surface area (Å²) in [6, 6.07) is 7.35. The number of ether oxygens (including phenoxy) is 2. The van der Waals surface area contributed by atoms with Crippen LogP contribution >= 0.6 is 23.1 Å². The highest BCUT2D eigenvalue weighted by molar-refractivity contribution is 7.99. The van der Waals surface area contributed by atoms with Crippen molar-refractivity contribution in [3.63, 3.8) is 0 Å². The maximum absolute atomic E-state index is 13.8. The molecule has 1 saturated heterocycles. The molecular formula is C24H28N4O4S2. The van der Waals surface area contributed by atoms with Crippen molar-refractivity contribution in [2.24, 2.45) is 0 Å². The van der Waals surface area contributed by atoms with Crippen LogP contribution in [0.3, 0.4) is 0 Å². The number of rotatable bonds is 7. The zero-order chi connectivity index (χ0) is 23.7. The Hall–Kier alpha value is -2.40. The Bertz CT molecular complexity index is 1250. The van der Waals surface area contributed by atoms with Crippen molar-refractivity contribution >= 4 is 39.2 Å². The van der Waals surface area contributed by atoms with Crippen molar-refractivity contribution < 1.29 is 14.3 Å². The van der Waals surface area contributed by atoms with Crippen molar-refractivity contribution in [3.05, 3.63) is 45.1 Å². The molecule has 0 radical (unpaired) electrons. The minimum Gasteiger partial charge on any atom is -0.497 e. The summed E-state index contributed by atoms with van der Waals surface area (Å²) in [7, 11) is 3.70. The van der Waals surface area contributed by atoms with E-state index in [2.05, 4.69) is 17.3 Å². The van der Waals surface area contributed by atoms with Gasteiger partial charge in [-0.3, -0.25) is 14.2 Å². The highest BCUT2D eigenvalue weighted by Gasteiger charge is 2.25. The second-order valence-corrected chi connectivity index (χ2v) is 10.7. The van der Waals surface area contributed by atoms with Crippen LogP contribution in [0.2, 0.25) is 0 Å². The summed E-state index contributed by atoms with van der Waals surface area (Å²) in [6.07, 6.45) is 2.94. The van der Waals surface area contributed by atoms with Gasteiger partial charge in [-0.05, 0) is 56.1 Å². The molecule has 1 amide bonds. The summed E-state index contributed by atoms with van der Waals surface area (Å²) in [5.74, 6) is 0.794. The van der Waals surface area contributed by atoms with Crippen LogP contribution in [-0.4, -0.2) is 66.1 Å². The fourth-order valence-electron chi connectivity index (χ4n) is 4.42. The van der Waals surface area contributed by atoms with Gasteiger partial charge in [0.1, 0.15) is 10.6 Å². The molecule has 0 aliphatic carbocycles. The van der Waals surface area contributed by atoms with Crippen LogP contribution in [0.5, 0.6) is 5.75 Å². The maximum Gasteiger partial charge on any atom is 0.267 e. The number of thioether (sulfide) groups is 1. The zero-order valence-electron chi connectivity index (χ0n) is 19.3. The second kappa shape index (κ2) is 10.1. The lowest BCUT2D eigenvalue weighted by atomic mass is 10.1. The third-order valence-corrected chi connectivity index (χ3v) is 8.30. The van der Waals surface area contributed by atoms with E-state index in [0.717, 1.165) is 49.4 Å². The quantitative estimate of drug-likeness (QED) is 0.394. The van der Waals surface area contributed by atoms with Gasteiger partial charge in [-0.25, -0.2) is 4.98 Å². The Morgan fingerprint density at radius 3 is 2.91 bits per heavy atom. The molecule has 4 heterocycles. The van der Waals surface area contributed by atoms with E-state index in [-0.39, 0.29) is 23.3 Å². The van der Waals surface area contributed by atoms with Crippen molar-refractivity contribution in [1.29, 1.82) is 0 Å². The number of aromatic nitrogens is 2. The summed E-state index contributed by atoms with van der Waals surface area (Å²) in [5.41, 5.74) is 1.73. The number of likely N-dealkylation sites (N-methyl/N-ethyl adjacent to an activating group) is 1. The fraction of sp³-hybridized carbons (Fsp3) is 0.458. The van der Waals surface area contributed by atoms with Crippen LogP contribution in [0, 0.1) is 0 Å². The molecule has 0 saturated carbocycles. The van der Waals surface area contributed by atoms with Gasteiger partial charge in [-0.15, -0.1) is 11.3 Å². The summed E-state index contributed by atoms with van der Waals surface area (Å²) in [6.45, 7) is 3.02. The lowest BCUT2D eigenvalue weighted by Gasteiger charge is -2.21. The Morgan fingerprint density at radius 2 is 2.18 bits per heavy atom. The van der Waals surface area contributed by atoms with Gasteiger partial charge in [0, 0.05) is 31.1 Å². The van der Waals surface area contributed by atoms with Crippen molar-refractivity contribution in [2.45, 2.75) is 37.1 Å². The van der Waals surface area contributed by atoms with Gasteiger partial charge in [0.15, 0.2) is 5.16 Å². The SMILES string of the molecule is COc1ccc(-n2c(SCC(=O)NC[C@@H]3CCCO3)nc3sc4c(c3c2=O)CCN(C)C4)cc1. The normalized spacial score (nSPS) is 18.2. The van der Waals surface area contributed by atoms with Gasteiger partial charge in [-0.1, -0.05) is 11.8 Å². The van der Waals surface area contributed by atoms with E-state index in [4.69, 9.17) is 14.5 Å². The largest absolute Gasteiger partial charge is 0.497 e. The number of amides is 1. The summed E-state index contributed by atoms with van der Waals surface area (Å²) < 4.78 is 12.5. The molecule has 3 aromatic rings. The number of nitrogens with zero attached hydrogens (tertiary/aromatic N) is 3. The third-order valence-electron chi connectivity index (χ3n) is 6.25. The number of thiophene rings is 1.